The Kier molecular flexibility index (Phi) is 7.41. The molecule has 3 aliphatic heterocycles. The summed E-state index contributed by atoms with van der Waals surface area (Å²) >= 11 is 0. The number of piperidine rings is 3. The van der Waals surface area contributed by atoms with Crippen LogP contribution in [0.25, 0.3) is 22.2 Å². The van der Waals surface area contributed by atoms with Crippen LogP contribution in [0.2, 0.25) is 0 Å². The summed E-state index contributed by atoms with van der Waals surface area (Å²) in [5.74, 6) is 1.28. The van der Waals surface area contributed by atoms with Gasteiger partial charge in [0.05, 0.1) is 29.8 Å². The molecule has 2 aromatic heterocycles. The van der Waals surface area contributed by atoms with Gasteiger partial charge >= 0.3 is 0 Å². The van der Waals surface area contributed by atoms with Crippen LogP contribution < -0.4 is 15.8 Å². The number of benzene rings is 1. The number of pyridine rings is 1. The molecule has 2 amide bonds. The number of amides is 2. The van der Waals surface area contributed by atoms with E-state index >= 15 is 0 Å². The van der Waals surface area contributed by atoms with Crippen LogP contribution in [0.1, 0.15) is 63.3 Å². The number of carbonyl (C=O) groups is 2. The highest BCUT2D eigenvalue weighted by Gasteiger charge is 2.45. The molecule has 0 radical (unpaired) electrons. The molecule has 3 fully saturated rings. The van der Waals surface area contributed by atoms with Crippen molar-refractivity contribution in [1.29, 1.82) is 0 Å². The Labute approximate surface area is 216 Å². The molecule has 0 aliphatic carbocycles. The standard InChI is InChI=1S/C28H35N5O4/c1-36-25-20(17-19-7-5-6-8-21(19)31-25)23-18-30-26(37-23)22(9-3-2-4-10-24(29)34)32-27(35)28-11-14-33(15-12-28)16-13-28/h5-8,17-18,22H,2-4,9-16H2,1H3,(H2,29,34)(H,32,35)/t22-/m0/s1. The molecule has 1 atom stereocenters. The van der Waals surface area contributed by atoms with Gasteiger partial charge in [-0.1, -0.05) is 31.0 Å². The maximum atomic E-state index is 13.6. The molecule has 9 nitrogen and oxygen atoms in total. The average molecular weight is 506 g/mol. The number of primary amides is 1. The second-order valence-electron chi connectivity index (χ2n) is 10.3. The van der Waals surface area contributed by atoms with Crippen molar-refractivity contribution in [2.24, 2.45) is 11.1 Å². The number of hydrogen-bond donors (Lipinski definition) is 2. The molecule has 0 saturated carbocycles. The Morgan fingerprint density at radius 1 is 1.16 bits per heavy atom. The summed E-state index contributed by atoms with van der Waals surface area (Å²) in [7, 11) is 1.59. The normalized spacial score (nSPS) is 21.6. The van der Waals surface area contributed by atoms with E-state index in [0.29, 0.717) is 35.9 Å². The van der Waals surface area contributed by atoms with Crippen LogP contribution in [0.4, 0.5) is 0 Å². The summed E-state index contributed by atoms with van der Waals surface area (Å²) in [6.07, 6.45) is 7.76. The van der Waals surface area contributed by atoms with Crippen molar-refractivity contribution in [3.05, 3.63) is 42.4 Å². The minimum absolute atomic E-state index is 0.0960. The van der Waals surface area contributed by atoms with Gasteiger partial charge in [-0.2, -0.15) is 0 Å². The largest absolute Gasteiger partial charge is 0.480 e. The fourth-order valence-corrected chi connectivity index (χ4v) is 5.56. The van der Waals surface area contributed by atoms with Crippen LogP contribution in [0.5, 0.6) is 5.88 Å². The summed E-state index contributed by atoms with van der Waals surface area (Å²) in [4.78, 5) is 36.3. The van der Waals surface area contributed by atoms with Crippen molar-refractivity contribution in [3.8, 4) is 17.2 Å². The molecular formula is C28H35N5O4. The van der Waals surface area contributed by atoms with E-state index in [1.807, 2.05) is 30.3 Å². The van der Waals surface area contributed by atoms with Crippen LogP contribution in [0.15, 0.2) is 40.9 Å². The van der Waals surface area contributed by atoms with Gasteiger partial charge in [0.15, 0.2) is 5.76 Å². The van der Waals surface area contributed by atoms with Gasteiger partial charge in [-0.3, -0.25) is 9.59 Å². The van der Waals surface area contributed by atoms with Gasteiger partial charge in [0, 0.05) is 11.8 Å². The third-order valence-electron chi connectivity index (χ3n) is 7.89. The Hall–Kier alpha value is -3.46. The number of nitrogens with one attached hydrogen (secondary N) is 1. The van der Waals surface area contributed by atoms with Crippen LogP contribution >= 0.6 is 0 Å². The Morgan fingerprint density at radius 2 is 1.92 bits per heavy atom. The summed E-state index contributed by atoms with van der Waals surface area (Å²) in [5.41, 5.74) is 6.53. The minimum atomic E-state index is -0.358. The van der Waals surface area contributed by atoms with Crippen molar-refractivity contribution in [2.45, 2.75) is 57.4 Å². The van der Waals surface area contributed by atoms with E-state index in [1.54, 1.807) is 13.3 Å². The Bertz CT molecular complexity index is 1250. The van der Waals surface area contributed by atoms with E-state index in [9.17, 15) is 9.59 Å². The SMILES string of the molecule is COc1nc2ccccc2cc1-c1cnc([C@H](CCCCCC(N)=O)NC(=O)C23CCN(CC2)CC3)o1. The van der Waals surface area contributed by atoms with E-state index in [4.69, 9.17) is 14.9 Å². The average Bonchev–Trinajstić information content (AvgIpc) is 3.42. The zero-order valence-electron chi connectivity index (χ0n) is 21.4. The lowest BCUT2D eigenvalue weighted by molar-refractivity contribution is -0.139. The lowest BCUT2D eigenvalue weighted by Crippen LogP contribution is -2.55. The number of fused-ring (bicyclic) bond motifs is 4. The molecule has 6 rings (SSSR count). The fourth-order valence-electron chi connectivity index (χ4n) is 5.56. The highest BCUT2D eigenvalue weighted by atomic mass is 16.5. The first-order chi connectivity index (χ1) is 18.0. The van der Waals surface area contributed by atoms with Gasteiger partial charge < -0.3 is 25.1 Å². The summed E-state index contributed by atoms with van der Waals surface area (Å²) in [6, 6.07) is 9.46. The highest BCUT2D eigenvalue weighted by molar-refractivity contribution is 5.85. The molecule has 5 heterocycles. The third kappa shape index (κ3) is 5.46. The first-order valence-corrected chi connectivity index (χ1v) is 13.2. The van der Waals surface area contributed by atoms with Gasteiger partial charge in [-0.05, 0) is 63.9 Å². The second kappa shape index (κ2) is 10.9. The van der Waals surface area contributed by atoms with Crippen molar-refractivity contribution in [2.75, 3.05) is 26.7 Å². The van der Waals surface area contributed by atoms with Crippen LogP contribution in [-0.2, 0) is 9.59 Å². The summed E-state index contributed by atoms with van der Waals surface area (Å²) in [5, 5.41) is 4.26. The number of aromatic nitrogens is 2. The molecule has 0 unspecified atom stereocenters. The Morgan fingerprint density at radius 3 is 2.65 bits per heavy atom. The van der Waals surface area contributed by atoms with Gasteiger partial charge in [0.25, 0.3) is 0 Å². The fraction of sp³-hybridized carbons (Fsp3) is 0.500. The zero-order valence-corrected chi connectivity index (χ0v) is 21.4. The number of unbranched alkanes of at least 4 members (excludes halogenated alkanes) is 2. The molecular weight excluding hydrogens is 470 g/mol. The smallest absolute Gasteiger partial charge is 0.227 e. The van der Waals surface area contributed by atoms with Crippen molar-refractivity contribution in [3.63, 3.8) is 0 Å². The number of rotatable bonds is 11. The lowest BCUT2D eigenvalue weighted by atomic mass is 9.71. The number of nitrogens with zero attached hydrogens (tertiary/aromatic N) is 3. The third-order valence-corrected chi connectivity index (χ3v) is 7.89. The topological polar surface area (TPSA) is 124 Å². The lowest BCUT2D eigenvalue weighted by Gasteiger charge is -2.47. The zero-order chi connectivity index (χ0) is 25.8. The summed E-state index contributed by atoms with van der Waals surface area (Å²) in [6.45, 7) is 2.93. The molecule has 196 valence electrons. The first-order valence-electron chi connectivity index (χ1n) is 13.2. The predicted octanol–water partition coefficient (Wildman–Crippen LogP) is 3.98. The number of methoxy groups -OCH3 is 1. The van der Waals surface area contributed by atoms with Crippen LogP contribution in [-0.4, -0.2) is 53.4 Å². The molecule has 3 N–H and O–H groups in total. The molecule has 3 aliphatic rings. The van der Waals surface area contributed by atoms with Gasteiger partial charge in [-0.25, -0.2) is 9.97 Å². The van der Waals surface area contributed by atoms with Crippen LogP contribution in [0.3, 0.4) is 0 Å². The Balaban J connectivity index is 1.37. The second-order valence-corrected chi connectivity index (χ2v) is 10.3. The van der Waals surface area contributed by atoms with Crippen molar-refractivity contribution < 1.29 is 18.7 Å². The van der Waals surface area contributed by atoms with Gasteiger partial charge in [0.1, 0.15) is 6.04 Å². The van der Waals surface area contributed by atoms with E-state index < -0.39 is 0 Å². The number of oxazole rings is 1. The maximum absolute atomic E-state index is 13.6. The molecule has 1 aromatic carbocycles. The molecule has 3 aromatic rings. The number of carbonyl (C=O) groups excluding carboxylic acids is 2. The first kappa shape index (κ1) is 25.2. The highest BCUT2D eigenvalue weighted by Crippen LogP contribution is 2.41. The molecule has 3 saturated heterocycles. The maximum Gasteiger partial charge on any atom is 0.227 e. The van der Waals surface area contributed by atoms with E-state index in [2.05, 4.69) is 20.2 Å². The van der Waals surface area contributed by atoms with Gasteiger partial charge in [-0.15, -0.1) is 0 Å². The number of ether oxygens (including phenoxy) is 1. The molecule has 0 spiro atoms. The molecule has 2 bridgehead atoms. The number of para-hydroxylation sites is 1. The van der Waals surface area contributed by atoms with Crippen molar-refractivity contribution in [1.82, 2.24) is 20.2 Å². The summed E-state index contributed by atoms with van der Waals surface area (Å²) < 4.78 is 11.8. The van der Waals surface area contributed by atoms with E-state index in [0.717, 1.165) is 69.1 Å². The monoisotopic (exact) mass is 505 g/mol. The molecule has 37 heavy (non-hydrogen) atoms. The minimum Gasteiger partial charge on any atom is -0.480 e. The van der Waals surface area contributed by atoms with Gasteiger partial charge in [0.2, 0.25) is 23.6 Å². The predicted molar refractivity (Wildman–Crippen MR) is 140 cm³/mol. The molecule has 9 heteroatoms. The number of nitrogens with two attached hydrogens (primary N) is 1. The van der Waals surface area contributed by atoms with E-state index in [1.165, 1.54) is 0 Å². The van der Waals surface area contributed by atoms with E-state index in [-0.39, 0.29) is 23.3 Å². The quantitative estimate of drug-likeness (QED) is 0.378. The number of hydrogen-bond acceptors (Lipinski definition) is 7. The van der Waals surface area contributed by atoms with Crippen LogP contribution in [0, 0.1) is 5.41 Å². The van der Waals surface area contributed by atoms with Crippen molar-refractivity contribution >= 4 is 22.7 Å².